The molecule has 20 heavy (non-hydrogen) atoms. The third kappa shape index (κ3) is 3.52. The van der Waals surface area contributed by atoms with Crippen LogP contribution in [0.2, 0.25) is 5.15 Å². The summed E-state index contributed by atoms with van der Waals surface area (Å²) in [5, 5.41) is -0.0736. The molecule has 0 radical (unpaired) electrons. The molecule has 4 nitrogen and oxygen atoms in total. The zero-order valence-corrected chi connectivity index (χ0v) is 14.9. The zero-order valence-electron chi connectivity index (χ0n) is 10.2. The molecule has 0 amide bonds. The Labute approximate surface area is 138 Å². The second kappa shape index (κ2) is 6.01. The Morgan fingerprint density at radius 2 is 1.90 bits per heavy atom. The molecule has 1 aromatic carbocycles. The van der Waals surface area contributed by atoms with Crippen LogP contribution in [0.1, 0.15) is 5.56 Å². The summed E-state index contributed by atoms with van der Waals surface area (Å²) in [6, 6.07) is 6.66. The van der Waals surface area contributed by atoms with Gasteiger partial charge in [-0.15, -0.1) is 0 Å². The Balaban J connectivity index is 2.43. The molecule has 0 atom stereocenters. The van der Waals surface area contributed by atoms with Gasteiger partial charge in [-0.2, -0.15) is 0 Å². The van der Waals surface area contributed by atoms with E-state index in [-0.39, 0.29) is 10.0 Å². The Bertz CT molecular complexity index is 766. The first-order valence-electron chi connectivity index (χ1n) is 5.39. The normalized spacial score (nSPS) is 11.4. The highest BCUT2D eigenvalue weighted by Crippen LogP contribution is 2.27. The Hall–Kier alpha value is -0.630. The van der Waals surface area contributed by atoms with Gasteiger partial charge in [0.1, 0.15) is 10.0 Å². The number of nitrogens with one attached hydrogen (secondary N) is 1. The maximum atomic E-state index is 12.3. The van der Waals surface area contributed by atoms with Crippen LogP contribution in [0.5, 0.6) is 0 Å². The summed E-state index contributed by atoms with van der Waals surface area (Å²) in [4.78, 5) is 3.74. The second-order valence-electron chi connectivity index (χ2n) is 4.01. The summed E-state index contributed by atoms with van der Waals surface area (Å²) in [5.74, 6) is 0. The van der Waals surface area contributed by atoms with Gasteiger partial charge in [0.15, 0.2) is 0 Å². The van der Waals surface area contributed by atoms with Crippen LogP contribution in [0.15, 0.2) is 44.3 Å². The Morgan fingerprint density at radius 3 is 2.55 bits per heavy atom. The molecule has 0 saturated heterocycles. The minimum absolute atomic E-state index is 0.0733. The van der Waals surface area contributed by atoms with Gasteiger partial charge < -0.3 is 0 Å². The van der Waals surface area contributed by atoms with E-state index in [1.165, 1.54) is 12.3 Å². The predicted molar refractivity (Wildman–Crippen MR) is 86.6 cm³/mol. The van der Waals surface area contributed by atoms with Gasteiger partial charge in [0.25, 0.3) is 10.0 Å². The lowest BCUT2D eigenvalue weighted by Gasteiger charge is -2.11. The number of hydrogen-bond acceptors (Lipinski definition) is 3. The standard InChI is InChI=1S/C12H9Br2ClN2O2S/c1-7-4-8(13)2-3-10(7)17-20(18,19)11-5-9(14)6-16-12(11)15/h2-6,17H,1H3. The maximum Gasteiger partial charge on any atom is 0.265 e. The maximum absolute atomic E-state index is 12.3. The van der Waals surface area contributed by atoms with Gasteiger partial charge in [-0.05, 0) is 52.7 Å². The molecular weight excluding hydrogens is 431 g/mol. The summed E-state index contributed by atoms with van der Waals surface area (Å²) in [6.07, 6.45) is 1.44. The van der Waals surface area contributed by atoms with Crippen LogP contribution in [-0.2, 0) is 10.0 Å². The van der Waals surface area contributed by atoms with Crippen LogP contribution in [0.25, 0.3) is 0 Å². The highest BCUT2D eigenvalue weighted by molar-refractivity contribution is 9.10. The third-order valence-corrected chi connectivity index (χ3v) is 5.21. The summed E-state index contributed by atoms with van der Waals surface area (Å²) >= 11 is 12.4. The molecule has 0 aliphatic rings. The first-order chi connectivity index (χ1) is 9.29. The molecule has 0 saturated carbocycles. The third-order valence-electron chi connectivity index (χ3n) is 2.50. The van der Waals surface area contributed by atoms with Gasteiger partial charge in [0, 0.05) is 15.1 Å². The summed E-state index contributed by atoms with van der Waals surface area (Å²) < 4.78 is 28.6. The molecule has 1 aromatic heterocycles. The Kier molecular flexibility index (Phi) is 4.73. The number of aryl methyl sites for hydroxylation is 1. The Morgan fingerprint density at radius 1 is 1.20 bits per heavy atom. The van der Waals surface area contributed by atoms with E-state index in [2.05, 4.69) is 41.6 Å². The lowest BCUT2D eigenvalue weighted by atomic mass is 10.2. The lowest BCUT2D eigenvalue weighted by molar-refractivity contribution is 0.600. The molecule has 0 unspecified atom stereocenters. The number of rotatable bonds is 3. The van der Waals surface area contributed by atoms with Crippen LogP contribution in [0.4, 0.5) is 5.69 Å². The summed E-state index contributed by atoms with van der Waals surface area (Å²) in [7, 11) is -3.79. The number of halogens is 3. The number of pyridine rings is 1. The minimum atomic E-state index is -3.79. The lowest BCUT2D eigenvalue weighted by Crippen LogP contribution is -2.14. The van der Waals surface area contributed by atoms with Gasteiger partial charge in [0.05, 0.1) is 5.69 Å². The smallest absolute Gasteiger partial charge is 0.265 e. The molecule has 0 aliphatic heterocycles. The molecule has 1 heterocycles. The molecular formula is C12H9Br2ClN2O2S. The van der Waals surface area contributed by atoms with Crippen molar-refractivity contribution in [3.63, 3.8) is 0 Å². The topological polar surface area (TPSA) is 59.1 Å². The first kappa shape index (κ1) is 15.8. The summed E-state index contributed by atoms with van der Waals surface area (Å²) in [5.41, 5.74) is 1.28. The van der Waals surface area contributed by atoms with E-state index < -0.39 is 10.0 Å². The van der Waals surface area contributed by atoms with E-state index in [0.717, 1.165) is 10.0 Å². The molecule has 2 aromatic rings. The van der Waals surface area contributed by atoms with Gasteiger partial charge >= 0.3 is 0 Å². The van der Waals surface area contributed by atoms with Crippen molar-refractivity contribution in [2.45, 2.75) is 11.8 Å². The molecule has 0 bridgehead atoms. The van der Waals surface area contributed by atoms with Crippen molar-refractivity contribution in [1.82, 2.24) is 4.98 Å². The van der Waals surface area contributed by atoms with Crippen LogP contribution in [-0.4, -0.2) is 13.4 Å². The van der Waals surface area contributed by atoms with Crippen molar-refractivity contribution in [3.05, 3.63) is 50.1 Å². The van der Waals surface area contributed by atoms with E-state index in [4.69, 9.17) is 11.6 Å². The molecule has 8 heteroatoms. The van der Waals surface area contributed by atoms with Crippen molar-refractivity contribution in [3.8, 4) is 0 Å². The SMILES string of the molecule is Cc1cc(Br)ccc1NS(=O)(=O)c1cc(Br)cnc1Cl. The quantitative estimate of drug-likeness (QED) is 0.721. The summed E-state index contributed by atoms with van der Waals surface area (Å²) in [6.45, 7) is 1.81. The van der Waals surface area contributed by atoms with Gasteiger partial charge in [0.2, 0.25) is 0 Å². The van der Waals surface area contributed by atoms with E-state index in [9.17, 15) is 8.42 Å². The van der Waals surface area contributed by atoms with Crippen molar-refractivity contribution in [2.24, 2.45) is 0 Å². The van der Waals surface area contributed by atoms with Crippen molar-refractivity contribution in [2.75, 3.05) is 4.72 Å². The molecule has 106 valence electrons. The van der Waals surface area contributed by atoms with Gasteiger partial charge in [-0.25, -0.2) is 13.4 Å². The fourth-order valence-corrected chi connectivity index (χ4v) is 4.09. The first-order valence-corrected chi connectivity index (χ1v) is 8.84. The number of nitrogens with zero attached hydrogens (tertiary/aromatic N) is 1. The molecule has 0 spiro atoms. The van der Waals surface area contributed by atoms with E-state index in [1.54, 1.807) is 12.1 Å². The number of anilines is 1. The number of sulfonamides is 1. The number of benzene rings is 1. The fourth-order valence-electron chi connectivity index (χ4n) is 1.53. The minimum Gasteiger partial charge on any atom is -0.279 e. The predicted octanol–water partition coefficient (Wildman–Crippen LogP) is 4.37. The van der Waals surface area contributed by atoms with E-state index in [0.29, 0.717) is 10.2 Å². The fraction of sp³-hybridized carbons (Fsp3) is 0.0833. The van der Waals surface area contributed by atoms with Crippen LogP contribution < -0.4 is 4.72 Å². The van der Waals surface area contributed by atoms with Crippen LogP contribution in [0, 0.1) is 6.92 Å². The van der Waals surface area contributed by atoms with Crippen molar-refractivity contribution >= 4 is 59.2 Å². The van der Waals surface area contributed by atoms with Crippen molar-refractivity contribution < 1.29 is 8.42 Å². The highest BCUT2D eigenvalue weighted by Gasteiger charge is 2.20. The second-order valence-corrected chi connectivity index (χ2v) is 7.85. The van der Waals surface area contributed by atoms with Gasteiger partial charge in [-0.1, -0.05) is 27.5 Å². The number of hydrogen-bond donors (Lipinski definition) is 1. The highest BCUT2D eigenvalue weighted by atomic mass is 79.9. The largest absolute Gasteiger partial charge is 0.279 e. The zero-order chi connectivity index (χ0) is 14.9. The van der Waals surface area contributed by atoms with Crippen molar-refractivity contribution in [1.29, 1.82) is 0 Å². The van der Waals surface area contributed by atoms with E-state index >= 15 is 0 Å². The average molecular weight is 441 g/mol. The average Bonchev–Trinajstić information content (AvgIpc) is 2.35. The molecule has 2 rings (SSSR count). The molecule has 1 N–H and O–H groups in total. The van der Waals surface area contributed by atoms with Crippen LogP contribution in [0.3, 0.4) is 0 Å². The monoisotopic (exact) mass is 438 g/mol. The van der Waals surface area contributed by atoms with Gasteiger partial charge in [-0.3, -0.25) is 4.72 Å². The number of aromatic nitrogens is 1. The van der Waals surface area contributed by atoms with Crippen LogP contribution >= 0.6 is 43.5 Å². The van der Waals surface area contributed by atoms with E-state index in [1.807, 2.05) is 13.0 Å². The molecule has 0 aliphatic carbocycles. The molecule has 0 fully saturated rings.